The minimum atomic E-state index is -1.86. The molecule has 5 amide bonds. The minimum absolute atomic E-state index is 0.0255. The number of likely N-dealkylation sites (N-methyl/N-ethyl adjacent to an activating group) is 1. The lowest BCUT2D eigenvalue weighted by Crippen LogP contribution is -2.63. The molecular formula is C47H65ClN4O14S2. The number of hydrogen-bond acceptors (Lipinski definition) is 16. The number of methoxy groups -OCH3 is 2. The van der Waals surface area contributed by atoms with Crippen LogP contribution in [-0.2, 0) is 59.0 Å². The first-order valence-electron chi connectivity index (χ1n) is 22.7. The van der Waals surface area contributed by atoms with Crippen molar-refractivity contribution in [1.82, 2.24) is 15.3 Å². The smallest absolute Gasteiger partial charge is 0.409 e. The van der Waals surface area contributed by atoms with E-state index < -0.39 is 83.5 Å². The third-order valence-corrected chi connectivity index (χ3v) is 16.6. The summed E-state index contributed by atoms with van der Waals surface area (Å²) < 4.78 is 29.5. The van der Waals surface area contributed by atoms with Gasteiger partial charge < -0.3 is 43.4 Å². The number of amides is 5. The fraction of sp³-hybridized carbons (Fsp3) is 0.638. The largest absolute Gasteiger partial charge is 0.495 e. The van der Waals surface area contributed by atoms with Crippen LogP contribution in [0.1, 0.15) is 98.5 Å². The summed E-state index contributed by atoms with van der Waals surface area (Å²) >= 11 is 6.81. The highest BCUT2D eigenvalue weighted by Crippen LogP contribution is 2.49. The van der Waals surface area contributed by atoms with Crippen LogP contribution in [0.3, 0.4) is 0 Å². The number of esters is 1. The number of nitrogens with one attached hydrogen (secondary N) is 1. The molecule has 0 saturated carbocycles. The van der Waals surface area contributed by atoms with E-state index in [2.05, 4.69) is 5.32 Å². The molecule has 5 rings (SSSR count). The molecule has 2 N–H and O–H groups in total. The first-order chi connectivity index (χ1) is 32.0. The average molecular weight is 1010 g/mol. The van der Waals surface area contributed by atoms with Crippen molar-refractivity contribution < 1.29 is 67.2 Å². The van der Waals surface area contributed by atoms with Crippen molar-refractivity contribution in [2.75, 3.05) is 39.0 Å². The van der Waals surface area contributed by atoms with Crippen LogP contribution in [0.4, 0.5) is 10.5 Å². The number of anilines is 1. The van der Waals surface area contributed by atoms with E-state index in [0.717, 1.165) is 11.1 Å². The Labute approximate surface area is 410 Å². The van der Waals surface area contributed by atoms with Gasteiger partial charge in [-0.2, -0.15) is 0 Å². The number of carbonyl (C=O) groups is 7. The molecule has 21 heteroatoms. The van der Waals surface area contributed by atoms with Gasteiger partial charge in [-0.05, 0) is 63.6 Å². The van der Waals surface area contributed by atoms with Crippen molar-refractivity contribution >= 4 is 80.5 Å². The number of hydroxylamine groups is 2. The van der Waals surface area contributed by atoms with Gasteiger partial charge in [0.2, 0.25) is 11.8 Å². The maximum atomic E-state index is 14.3. The Kier molecular flexibility index (Phi) is 18.9. The highest BCUT2D eigenvalue weighted by Gasteiger charge is 2.64. The summed E-state index contributed by atoms with van der Waals surface area (Å²) in [7, 11) is 9.11. The minimum Gasteiger partial charge on any atom is -0.495 e. The molecule has 0 aliphatic carbocycles. The van der Waals surface area contributed by atoms with Crippen molar-refractivity contribution in [1.29, 1.82) is 0 Å². The van der Waals surface area contributed by atoms with Crippen LogP contribution in [0.5, 0.6) is 5.75 Å². The fourth-order valence-electron chi connectivity index (χ4n) is 8.37. The number of allylic oxidation sites excluding steroid dienone is 3. The molecular weight excluding hydrogens is 944 g/mol. The van der Waals surface area contributed by atoms with Crippen LogP contribution in [-0.4, -0.2) is 138 Å². The quantitative estimate of drug-likeness (QED) is 0.0629. The lowest BCUT2D eigenvalue weighted by Gasteiger charge is -2.42. The van der Waals surface area contributed by atoms with Crippen molar-refractivity contribution in [3.05, 3.63) is 46.5 Å². The van der Waals surface area contributed by atoms with Crippen LogP contribution in [0.2, 0.25) is 5.02 Å². The van der Waals surface area contributed by atoms with Gasteiger partial charge in [0.05, 0.1) is 25.3 Å². The Balaban J connectivity index is 1.29. The number of ether oxygens (including phenoxy) is 5. The van der Waals surface area contributed by atoms with Crippen LogP contribution >= 0.6 is 33.2 Å². The van der Waals surface area contributed by atoms with Crippen molar-refractivity contribution in [3.8, 4) is 5.75 Å². The average Bonchev–Trinajstić information content (AvgIpc) is 3.89. The molecule has 376 valence electrons. The number of nitrogens with zero attached hydrogens (tertiary/aromatic N) is 3. The number of aliphatic hydroxyl groups is 1. The van der Waals surface area contributed by atoms with Crippen LogP contribution in [0.25, 0.3) is 0 Å². The van der Waals surface area contributed by atoms with E-state index in [-0.39, 0.29) is 60.6 Å². The number of fused-ring (bicyclic) bond motifs is 5. The van der Waals surface area contributed by atoms with Gasteiger partial charge in [0.15, 0.2) is 5.72 Å². The van der Waals surface area contributed by atoms with E-state index in [1.165, 1.54) is 31.1 Å². The molecule has 0 spiro atoms. The molecule has 9 atom stereocenters. The van der Waals surface area contributed by atoms with Gasteiger partial charge in [-0.3, -0.25) is 24.5 Å². The predicted molar refractivity (Wildman–Crippen MR) is 255 cm³/mol. The summed E-state index contributed by atoms with van der Waals surface area (Å²) in [5.41, 5.74) is -1.09. The molecule has 0 aromatic heterocycles. The van der Waals surface area contributed by atoms with E-state index in [1.807, 2.05) is 26.8 Å². The molecule has 1 aromatic rings. The third kappa shape index (κ3) is 13.3. The second kappa shape index (κ2) is 23.5. The van der Waals surface area contributed by atoms with Gasteiger partial charge >= 0.3 is 18.0 Å². The molecule has 0 radical (unpaired) electrons. The van der Waals surface area contributed by atoms with Gasteiger partial charge in [-0.25, -0.2) is 14.4 Å². The number of carbonyl (C=O) groups excluding carboxylic acids is 7. The van der Waals surface area contributed by atoms with Crippen molar-refractivity contribution in [2.45, 2.75) is 146 Å². The van der Waals surface area contributed by atoms with Gasteiger partial charge in [0.25, 0.3) is 11.8 Å². The Morgan fingerprint density at radius 3 is 2.41 bits per heavy atom. The Morgan fingerprint density at radius 2 is 1.76 bits per heavy atom. The molecule has 4 aliphatic heterocycles. The summed E-state index contributed by atoms with van der Waals surface area (Å²) in [5.74, 6) is -2.69. The predicted octanol–water partition coefficient (Wildman–Crippen LogP) is 6.09. The monoisotopic (exact) mass is 1010 g/mol. The number of alkyl carbamates (subject to hydrolysis) is 1. The van der Waals surface area contributed by atoms with Gasteiger partial charge in [-0.15, -0.1) is 5.06 Å². The molecule has 68 heavy (non-hydrogen) atoms. The van der Waals surface area contributed by atoms with E-state index in [1.54, 1.807) is 73.7 Å². The maximum absolute atomic E-state index is 14.3. The molecule has 4 aliphatic rings. The molecule has 3 fully saturated rings. The fourth-order valence-corrected chi connectivity index (χ4v) is 11.8. The Hall–Kier alpha value is -4.34. The number of halogens is 1. The lowest BCUT2D eigenvalue weighted by molar-refractivity contribution is -0.197. The van der Waals surface area contributed by atoms with Crippen LogP contribution < -0.4 is 15.0 Å². The molecule has 4 heterocycles. The van der Waals surface area contributed by atoms with E-state index in [0.29, 0.717) is 41.5 Å². The highest BCUT2D eigenvalue weighted by molar-refractivity contribution is 8.76. The molecule has 18 nitrogen and oxygen atoms in total. The van der Waals surface area contributed by atoms with Crippen LogP contribution in [0, 0.1) is 11.8 Å². The summed E-state index contributed by atoms with van der Waals surface area (Å²) in [5, 5.41) is 15.1. The number of hydrogen-bond donors (Lipinski definition) is 2. The maximum Gasteiger partial charge on any atom is 0.409 e. The zero-order chi connectivity index (χ0) is 50.2. The van der Waals surface area contributed by atoms with Crippen molar-refractivity contribution in [2.24, 2.45) is 11.8 Å². The van der Waals surface area contributed by atoms with Crippen LogP contribution in [0.15, 0.2) is 35.9 Å². The van der Waals surface area contributed by atoms with Gasteiger partial charge in [0.1, 0.15) is 40.7 Å². The Morgan fingerprint density at radius 1 is 1.07 bits per heavy atom. The van der Waals surface area contributed by atoms with E-state index >= 15 is 0 Å². The number of imide groups is 1. The molecule has 4 bridgehead atoms. The topological polar surface area (TPSA) is 220 Å². The zero-order valence-corrected chi connectivity index (χ0v) is 42.8. The van der Waals surface area contributed by atoms with Crippen molar-refractivity contribution in [3.63, 3.8) is 0 Å². The third-order valence-electron chi connectivity index (χ3n) is 12.9. The highest BCUT2D eigenvalue weighted by atomic mass is 35.5. The summed E-state index contributed by atoms with van der Waals surface area (Å²) in [6, 6.07) is 2.49. The Bertz CT molecular complexity index is 2130. The number of rotatable bonds is 16. The van der Waals surface area contributed by atoms with E-state index in [9.17, 15) is 38.7 Å². The SMILES string of the molecule is COc1cc2cc(c1Cl)N(C)C(=O)C[C@H](OC(=O)[C@H](C)N(C)C(=O)CCC(SSCCCC(=O)ON1C(=O)CCC1=O)C(C)C)[C@]1(C)O[C@H]1[C@H](C)C1C[C@@](O)(NC(=O)O1)[C@H](OC)/C=C/C=C(\C)C2. The van der Waals surface area contributed by atoms with E-state index in [4.69, 9.17) is 40.1 Å². The number of benzene rings is 1. The number of epoxide rings is 1. The second-order valence-electron chi connectivity index (χ2n) is 18.3. The van der Waals surface area contributed by atoms with Gasteiger partial charge in [0, 0.05) is 70.2 Å². The normalized spacial score (nSPS) is 28.7. The molecule has 3 saturated heterocycles. The summed E-state index contributed by atoms with van der Waals surface area (Å²) in [6.07, 6.45) is 1.75. The standard InChI is InChI=1S/C47H65ClN4O14S2/c1-26(2)34(68-67-20-12-15-41(57)66-52-38(54)18-19-39(52)55)16-17-37(53)50(7)29(5)44(58)64-36-24-40(56)51(8)31-22-30(23-32(61-9)42(31)48)21-27(3)13-11-14-35(62-10)47(60)25-33(63-45(59)49-47)28(4)43-46(36,6)65-43/h11,13-14,22-23,26,28-29,33-36,43,60H,12,15-21,24-25H2,1-10H3,(H,49,59)/b14-11+,27-13+/t28-,29+,33?,34?,35-,36+,43+,46+,47+/m1/s1. The molecule has 2 unspecified atom stereocenters. The first-order valence-corrected chi connectivity index (χ1v) is 25.5. The summed E-state index contributed by atoms with van der Waals surface area (Å²) in [6.45, 7) is 11.0. The lowest BCUT2D eigenvalue weighted by atomic mass is 9.83. The van der Waals surface area contributed by atoms with Gasteiger partial charge in [-0.1, -0.05) is 77.8 Å². The first kappa shape index (κ1) is 54.6. The summed E-state index contributed by atoms with van der Waals surface area (Å²) in [4.78, 5) is 98.4. The molecule has 1 aromatic carbocycles. The zero-order valence-electron chi connectivity index (χ0n) is 40.4. The second-order valence-corrected chi connectivity index (χ2v) is 21.4.